The van der Waals surface area contributed by atoms with E-state index in [1.807, 2.05) is 0 Å². The maximum Gasteiger partial charge on any atom is 0.332 e. The van der Waals surface area contributed by atoms with Crippen molar-refractivity contribution in [2.24, 2.45) is 0 Å². The van der Waals surface area contributed by atoms with E-state index < -0.39 is 24.0 Å². The number of benzene rings is 1. The Balaban J connectivity index is 1.89. The van der Waals surface area contributed by atoms with E-state index in [0.717, 1.165) is 0 Å². The lowest BCUT2D eigenvalue weighted by molar-refractivity contribution is -0.149. The number of hydrogen-bond acceptors (Lipinski definition) is 4. The second kappa shape index (κ2) is 4.06. The number of carboxylic acids is 1. The van der Waals surface area contributed by atoms with E-state index >= 15 is 0 Å². The van der Waals surface area contributed by atoms with Crippen LogP contribution in [0.1, 0.15) is 24.8 Å². The van der Waals surface area contributed by atoms with E-state index in [9.17, 15) is 9.18 Å². The molecule has 1 aliphatic rings. The number of carbonyl (C=O) groups is 1. The van der Waals surface area contributed by atoms with Gasteiger partial charge in [0, 0.05) is 6.07 Å². The summed E-state index contributed by atoms with van der Waals surface area (Å²) in [6.07, 6.45) is -0.331. The van der Waals surface area contributed by atoms with Gasteiger partial charge >= 0.3 is 5.97 Å². The first-order chi connectivity index (χ1) is 8.63. The molecule has 3 rings (SSSR count). The second-order valence-corrected chi connectivity index (χ2v) is 4.19. The summed E-state index contributed by atoms with van der Waals surface area (Å²) in [6, 6.07) is 4.05. The van der Waals surface area contributed by atoms with Crippen LogP contribution in [0.25, 0.3) is 11.1 Å². The van der Waals surface area contributed by atoms with Crippen molar-refractivity contribution in [1.82, 2.24) is 4.98 Å². The minimum absolute atomic E-state index is 0.305. The first-order valence-electron chi connectivity index (χ1n) is 5.58. The zero-order valence-electron chi connectivity index (χ0n) is 9.30. The molecular formula is C12H10FNO4. The molecule has 1 saturated heterocycles. The summed E-state index contributed by atoms with van der Waals surface area (Å²) in [5, 5.41) is 8.83. The normalized spacial score (nSPS) is 23.6. The predicted octanol–water partition coefficient (Wildman–Crippen LogP) is 2.27. The van der Waals surface area contributed by atoms with Gasteiger partial charge in [0.25, 0.3) is 0 Å². The van der Waals surface area contributed by atoms with E-state index in [1.54, 1.807) is 0 Å². The monoisotopic (exact) mass is 251 g/mol. The lowest BCUT2D eigenvalue weighted by atomic mass is 10.2. The van der Waals surface area contributed by atoms with Crippen molar-refractivity contribution in [2.75, 3.05) is 0 Å². The van der Waals surface area contributed by atoms with Crippen LogP contribution >= 0.6 is 0 Å². The minimum atomic E-state index is -0.986. The lowest BCUT2D eigenvalue weighted by Crippen LogP contribution is -2.18. The van der Waals surface area contributed by atoms with Gasteiger partial charge in [0.1, 0.15) is 17.4 Å². The Kier molecular flexibility index (Phi) is 2.52. The fourth-order valence-electron chi connectivity index (χ4n) is 2.06. The maximum atomic E-state index is 13.0. The van der Waals surface area contributed by atoms with Gasteiger partial charge in [-0.15, -0.1) is 0 Å². The number of hydrogen-bond donors (Lipinski definition) is 1. The van der Waals surface area contributed by atoms with Crippen LogP contribution in [0.5, 0.6) is 0 Å². The van der Waals surface area contributed by atoms with Gasteiger partial charge in [-0.05, 0) is 25.0 Å². The van der Waals surface area contributed by atoms with E-state index in [4.69, 9.17) is 14.3 Å². The molecule has 0 spiro atoms. The Morgan fingerprint density at radius 1 is 1.44 bits per heavy atom. The van der Waals surface area contributed by atoms with Gasteiger partial charge in [-0.1, -0.05) is 0 Å². The van der Waals surface area contributed by atoms with Crippen molar-refractivity contribution in [2.45, 2.75) is 25.0 Å². The number of ether oxygens (including phenoxy) is 1. The molecule has 2 unspecified atom stereocenters. The molecule has 18 heavy (non-hydrogen) atoms. The largest absolute Gasteiger partial charge is 0.479 e. The number of carboxylic acid groups (broad SMARTS) is 1. The van der Waals surface area contributed by atoms with Crippen LogP contribution in [0.3, 0.4) is 0 Å². The average Bonchev–Trinajstić information content (AvgIpc) is 2.93. The standard InChI is InChI=1S/C12H10FNO4/c13-6-1-2-8-7(5-6)14-11(18-8)9-3-4-10(17-9)12(15)16/h1-2,5,9-10H,3-4H2,(H,15,16). The van der Waals surface area contributed by atoms with Crippen molar-refractivity contribution in [1.29, 1.82) is 0 Å². The molecule has 1 aromatic heterocycles. The molecule has 0 bridgehead atoms. The maximum absolute atomic E-state index is 13.0. The summed E-state index contributed by atoms with van der Waals surface area (Å²) in [6.45, 7) is 0. The Morgan fingerprint density at radius 2 is 2.28 bits per heavy atom. The third-order valence-electron chi connectivity index (χ3n) is 2.94. The molecule has 2 heterocycles. The van der Waals surface area contributed by atoms with Gasteiger partial charge in [0.2, 0.25) is 5.89 Å². The molecule has 0 saturated carbocycles. The highest BCUT2D eigenvalue weighted by molar-refractivity contribution is 5.73. The molecule has 1 aliphatic heterocycles. The molecular weight excluding hydrogens is 241 g/mol. The zero-order valence-corrected chi connectivity index (χ0v) is 9.30. The Hall–Kier alpha value is -1.95. The highest BCUT2D eigenvalue weighted by Crippen LogP contribution is 2.33. The molecule has 1 fully saturated rings. The molecule has 6 heteroatoms. The number of rotatable bonds is 2. The number of nitrogens with zero attached hydrogens (tertiary/aromatic N) is 1. The van der Waals surface area contributed by atoms with E-state index in [2.05, 4.69) is 4.98 Å². The highest BCUT2D eigenvalue weighted by Gasteiger charge is 2.34. The first kappa shape index (κ1) is 11.2. The number of fused-ring (bicyclic) bond motifs is 1. The summed E-state index contributed by atoms with van der Waals surface area (Å²) in [4.78, 5) is 14.9. The van der Waals surface area contributed by atoms with Crippen LogP contribution in [-0.4, -0.2) is 22.2 Å². The predicted molar refractivity (Wildman–Crippen MR) is 58.5 cm³/mol. The minimum Gasteiger partial charge on any atom is -0.479 e. The van der Waals surface area contributed by atoms with Crippen molar-refractivity contribution in [3.05, 3.63) is 29.9 Å². The molecule has 1 N–H and O–H groups in total. The Labute approximate surface area is 101 Å². The van der Waals surface area contributed by atoms with Crippen molar-refractivity contribution < 1.29 is 23.4 Å². The SMILES string of the molecule is O=C(O)C1CCC(c2nc3cc(F)ccc3o2)O1. The van der Waals surface area contributed by atoms with E-state index in [-0.39, 0.29) is 0 Å². The zero-order chi connectivity index (χ0) is 12.7. The number of oxazole rings is 1. The summed E-state index contributed by atoms with van der Waals surface area (Å²) in [5.74, 6) is -1.07. The van der Waals surface area contributed by atoms with Gasteiger partial charge in [-0.25, -0.2) is 14.2 Å². The number of aromatic nitrogens is 1. The third-order valence-corrected chi connectivity index (χ3v) is 2.94. The van der Waals surface area contributed by atoms with Crippen LogP contribution in [-0.2, 0) is 9.53 Å². The third kappa shape index (κ3) is 1.84. The van der Waals surface area contributed by atoms with Crippen LogP contribution < -0.4 is 0 Å². The summed E-state index contributed by atoms with van der Waals surface area (Å²) in [7, 11) is 0. The highest BCUT2D eigenvalue weighted by atomic mass is 19.1. The van der Waals surface area contributed by atoms with Gasteiger partial charge in [0.05, 0.1) is 0 Å². The lowest BCUT2D eigenvalue weighted by Gasteiger charge is -2.06. The van der Waals surface area contributed by atoms with Crippen LogP contribution in [0.15, 0.2) is 22.6 Å². The quantitative estimate of drug-likeness (QED) is 0.886. The molecule has 5 nitrogen and oxygen atoms in total. The Morgan fingerprint density at radius 3 is 3.00 bits per heavy atom. The molecule has 0 aliphatic carbocycles. The van der Waals surface area contributed by atoms with Gasteiger partial charge in [0.15, 0.2) is 11.7 Å². The van der Waals surface area contributed by atoms with Gasteiger partial charge < -0.3 is 14.3 Å². The van der Waals surface area contributed by atoms with Crippen molar-refractivity contribution >= 4 is 17.1 Å². The molecule has 0 radical (unpaired) electrons. The Bertz CT molecular complexity index is 609. The van der Waals surface area contributed by atoms with E-state index in [1.165, 1.54) is 18.2 Å². The van der Waals surface area contributed by atoms with Gasteiger partial charge in [-0.3, -0.25) is 0 Å². The second-order valence-electron chi connectivity index (χ2n) is 4.19. The number of halogens is 1. The van der Waals surface area contributed by atoms with E-state index in [0.29, 0.717) is 29.8 Å². The fourth-order valence-corrected chi connectivity index (χ4v) is 2.06. The van der Waals surface area contributed by atoms with Crippen molar-refractivity contribution in [3.8, 4) is 0 Å². The molecule has 2 aromatic rings. The van der Waals surface area contributed by atoms with Crippen LogP contribution in [0, 0.1) is 5.82 Å². The number of aliphatic carboxylic acids is 1. The summed E-state index contributed by atoms with van der Waals surface area (Å²) >= 11 is 0. The topological polar surface area (TPSA) is 72.6 Å². The summed E-state index contributed by atoms with van der Waals surface area (Å²) in [5.41, 5.74) is 0.876. The average molecular weight is 251 g/mol. The van der Waals surface area contributed by atoms with Crippen molar-refractivity contribution in [3.63, 3.8) is 0 Å². The smallest absolute Gasteiger partial charge is 0.332 e. The summed E-state index contributed by atoms with van der Waals surface area (Å²) < 4.78 is 23.8. The van der Waals surface area contributed by atoms with Gasteiger partial charge in [-0.2, -0.15) is 0 Å². The fraction of sp³-hybridized carbons (Fsp3) is 0.333. The van der Waals surface area contributed by atoms with Crippen LogP contribution in [0.4, 0.5) is 4.39 Å². The molecule has 2 atom stereocenters. The molecule has 1 aromatic carbocycles. The molecule has 0 amide bonds. The molecule has 94 valence electrons. The van der Waals surface area contributed by atoms with Crippen LogP contribution in [0.2, 0.25) is 0 Å². The first-order valence-corrected chi connectivity index (χ1v) is 5.58.